The minimum absolute atomic E-state index is 0. The summed E-state index contributed by atoms with van der Waals surface area (Å²) in [7, 11) is 0. The summed E-state index contributed by atoms with van der Waals surface area (Å²) in [6, 6.07) is 63.8. The molecule has 10 rings (SSSR count). The van der Waals surface area contributed by atoms with Gasteiger partial charge in [-0.25, -0.2) is 4.98 Å². The summed E-state index contributed by atoms with van der Waals surface area (Å²) < 4.78 is 13.6. The standard InChI is InChI=1S/C67H66N4O.Pt/c1-44(2)56-27-21-28-57(45(3)4)64(56)62-42-69(43-70(62)53-37-50(65(5,6)7)36-51(38-53)66(8,9)10)52-34-47(46-22-15-13-16-23-46)35-55(40-52)72-54-30-31-59-58-26-19-20-29-60(58)71(61(59)41-54)63-39-49(32-33-68-63)67(11,12)48-24-17-14-18-25-48;/h13-39,42,44-45H,1-12H3;/q-2;. The van der Waals surface area contributed by atoms with Crippen molar-refractivity contribution in [3.8, 4) is 51.1 Å². The molecule has 0 bridgehead atoms. The van der Waals surface area contributed by atoms with Crippen LogP contribution >= 0.6 is 0 Å². The Morgan fingerprint density at radius 3 is 1.82 bits per heavy atom. The molecule has 0 aliphatic carbocycles. The van der Waals surface area contributed by atoms with Gasteiger partial charge < -0.3 is 13.9 Å². The summed E-state index contributed by atoms with van der Waals surface area (Å²) in [5.41, 5.74) is 15.4. The Balaban J connectivity index is 0.00000656. The molecule has 0 fully saturated rings. The summed E-state index contributed by atoms with van der Waals surface area (Å²) in [6.07, 6.45) is 8.06. The van der Waals surface area contributed by atoms with Crippen LogP contribution in [0, 0.1) is 18.5 Å². The van der Waals surface area contributed by atoms with Crippen LogP contribution in [-0.2, 0) is 37.3 Å². The number of rotatable bonds is 11. The molecule has 372 valence electrons. The second kappa shape index (κ2) is 19.9. The minimum atomic E-state index is -0.245. The van der Waals surface area contributed by atoms with Crippen molar-refractivity contribution in [2.24, 2.45) is 0 Å². The van der Waals surface area contributed by atoms with Crippen LogP contribution in [-0.4, -0.2) is 14.1 Å². The third-order valence-electron chi connectivity index (χ3n) is 14.4. The first kappa shape index (κ1) is 51.1. The molecule has 0 saturated heterocycles. The number of fused-ring (bicyclic) bond motifs is 3. The first-order chi connectivity index (χ1) is 34.3. The number of imidazole rings is 1. The van der Waals surface area contributed by atoms with E-state index < -0.39 is 0 Å². The molecule has 0 aliphatic rings. The summed E-state index contributed by atoms with van der Waals surface area (Å²) in [6.45, 7) is 27.5. The predicted octanol–water partition coefficient (Wildman–Crippen LogP) is 16.9. The van der Waals surface area contributed by atoms with E-state index in [1.807, 2.05) is 12.3 Å². The molecule has 3 heterocycles. The molecule has 3 aromatic heterocycles. The molecule has 0 spiro atoms. The van der Waals surface area contributed by atoms with Crippen molar-refractivity contribution in [1.82, 2.24) is 14.1 Å². The van der Waals surface area contributed by atoms with Crippen LogP contribution in [0.15, 0.2) is 170 Å². The predicted molar refractivity (Wildman–Crippen MR) is 297 cm³/mol. The maximum atomic E-state index is 6.97. The second-order valence-electron chi connectivity index (χ2n) is 22.6. The molecule has 0 N–H and O–H groups in total. The number of pyridine rings is 1. The molecule has 0 radical (unpaired) electrons. The zero-order valence-electron chi connectivity index (χ0n) is 44.3. The first-order valence-corrected chi connectivity index (χ1v) is 25.5. The maximum absolute atomic E-state index is 6.97. The first-order valence-electron chi connectivity index (χ1n) is 25.5. The molecule has 0 saturated carbocycles. The van der Waals surface area contributed by atoms with E-state index in [0.29, 0.717) is 23.3 Å². The number of aromatic nitrogens is 4. The fourth-order valence-corrected chi connectivity index (χ4v) is 10.1. The molecule has 0 unspecified atom stereocenters. The van der Waals surface area contributed by atoms with Gasteiger partial charge in [0.05, 0.1) is 11.4 Å². The van der Waals surface area contributed by atoms with Crippen LogP contribution in [0.4, 0.5) is 0 Å². The molecule has 10 aromatic rings. The molecule has 0 aliphatic heterocycles. The molecule has 5 nitrogen and oxygen atoms in total. The molecular weight excluding hydrogens is 1070 g/mol. The average molecular weight is 1140 g/mol. The monoisotopic (exact) mass is 1140 g/mol. The number of ether oxygens (including phenoxy) is 1. The van der Waals surface area contributed by atoms with E-state index in [2.05, 4.69) is 273 Å². The molecular formula is C67H66N4OPt-2. The summed E-state index contributed by atoms with van der Waals surface area (Å²) in [4.78, 5) is 5.00. The molecule has 7 aromatic carbocycles. The third kappa shape index (κ3) is 10.0. The van der Waals surface area contributed by atoms with Crippen LogP contribution < -0.4 is 9.30 Å². The van der Waals surface area contributed by atoms with Gasteiger partial charge in [0.2, 0.25) is 0 Å². The van der Waals surface area contributed by atoms with Gasteiger partial charge in [0, 0.05) is 55.9 Å². The van der Waals surface area contributed by atoms with Crippen LogP contribution in [0.1, 0.15) is 128 Å². The van der Waals surface area contributed by atoms with Gasteiger partial charge in [-0.15, -0.1) is 35.2 Å². The van der Waals surface area contributed by atoms with Crippen LogP contribution in [0.5, 0.6) is 11.5 Å². The van der Waals surface area contributed by atoms with Gasteiger partial charge in [-0.2, -0.15) is 12.1 Å². The van der Waals surface area contributed by atoms with Gasteiger partial charge in [0.25, 0.3) is 6.33 Å². The average Bonchev–Trinajstić information content (AvgIpc) is 3.96. The number of para-hydroxylation sites is 1. The van der Waals surface area contributed by atoms with E-state index in [9.17, 15) is 0 Å². The van der Waals surface area contributed by atoms with E-state index in [1.165, 1.54) is 38.9 Å². The van der Waals surface area contributed by atoms with Crippen LogP contribution in [0.3, 0.4) is 0 Å². The van der Waals surface area contributed by atoms with Crippen molar-refractivity contribution in [3.05, 3.63) is 222 Å². The Bertz CT molecular complexity index is 3540. The van der Waals surface area contributed by atoms with Gasteiger partial charge in [-0.1, -0.05) is 192 Å². The normalized spacial score (nSPS) is 12.2. The number of nitrogens with zero attached hydrogens (tertiary/aromatic N) is 4. The Kier molecular flexibility index (Phi) is 13.9. The second-order valence-corrected chi connectivity index (χ2v) is 22.6. The van der Waals surface area contributed by atoms with Gasteiger partial charge in [0.1, 0.15) is 5.82 Å². The smallest absolute Gasteiger partial charge is 0.267 e. The van der Waals surface area contributed by atoms with E-state index >= 15 is 0 Å². The van der Waals surface area contributed by atoms with Crippen molar-refractivity contribution in [2.45, 2.75) is 111 Å². The Morgan fingerprint density at radius 2 is 1.18 bits per heavy atom. The van der Waals surface area contributed by atoms with Crippen molar-refractivity contribution < 1.29 is 30.4 Å². The SMILES string of the molecule is CC(C)c1cccc(C(C)C)c1-c1cn(-c2[c-]c(Oc3[c-]c4c(cc3)c3ccccc3n4-c3cc(C(C)(C)c4ccccc4)ccn3)cc(-c3ccccc3)c2)[c-][n+]1-c1cc(C(C)(C)C)cc(C(C)(C)C)c1.[Pt]. The summed E-state index contributed by atoms with van der Waals surface area (Å²) in [5.74, 6) is 2.56. The largest absolute Gasteiger partial charge is 0.510 e. The van der Waals surface area contributed by atoms with Gasteiger partial charge in [-0.3, -0.25) is 4.57 Å². The Morgan fingerprint density at radius 1 is 0.548 bits per heavy atom. The third-order valence-corrected chi connectivity index (χ3v) is 14.4. The Hall–Kier alpha value is -6.81. The molecule has 73 heavy (non-hydrogen) atoms. The minimum Gasteiger partial charge on any atom is -0.510 e. The Labute approximate surface area is 447 Å². The molecule has 6 heteroatoms. The van der Waals surface area contributed by atoms with Gasteiger partial charge in [0.15, 0.2) is 0 Å². The molecule has 0 amide bonds. The maximum Gasteiger partial charge on any atom is 0.267 e. The van der Waals surface area contributed by atoms with Crippen molar-refractivity contribution in [3.63, 3.8) is 0 Å². The summed E-state index contributed by atoms with van der Waals surface area (Å²) in [5, 5.41) is 2.20. The van der Waals surface area contributed by atoms with Crippen molar-refractivity contribution in [2.75, 3.05) is 0 Å². The fraction of sp³-hybridized carbons (Fsp3) is 0.254. The van der Waals surface area contributed by atoms with Crippen LogP contribution in [0.2, 0.25) is 0 Å². The fourth-order valence-electron chi connectivity index (χ4n) is 10.1. The van der Waals surface area contributed by atoms with E-state index in [0.717, 1.165) is 55.8 Å². The molecule has 0 atom stereocenters. The zero-order chi connectivity index (χ0) is 50.7. The van der Waals surface area contributed by atoms with Gasteiger partial charge in [-0.05, 0) is 109 Å². The van der Waals surface area contributed by atoms with E-state index in [-0.39, 0.29) is 37.3 Å². The van der Waals surface area contributed by atoms with Crippen LogP contribution in [0.25, 0.3) is 61.4 Å². The topological polar surface area (TPSA) is 35.9 Å². The van der Waals surface area contributed by atoms with E-state index in [1.54, 1.807) is 0 Å². The van der Waals surface area contributed by atoms with E-state index in [4.69, 9.17) is 9.72 Å². The number of benzene rings is 7. The summed E-state index contributed by atoms with van der Waals surface area (Å²) >= 11 is 0. The zero-order valence-corrected chi connectivity index (χ0v) is 46.6. The number of hydrogen-bond acceptors (Lipinski definition) is 2. The number of hydrogen-bond donors (Lipinski definition) is 0. The van der Waals surface area contributed by atoms with Gasteiger partial charge >= 0.3 is 0 Å². The quantitative estimate of drug-likeness (QED) is 0.0956. The van der Waals surface area contributed by atoms with Crippen molar-refractivity contribution >= 4 is 21.8 Å². The van der Waals surface area contributed by atoms with Crippen molar-refractivity contribution in [1.29, 1.82) is 0 Å².